The van der Waals surface area contributed by atoms with E-state index in [1.54, 1.807) is 17.8 Å². The van der Waals surface area contributed by atoms with Gasteiger partial charge >= 0.3 is 0 Å². The number of halogens is 2. The van der Waals surface area contributed by atoms with Crippen molar-refractivity contribution in [3.05, 3.63) is 33.8 Å². The molecule has 6 heteroatoms. The van der Waals surface area contributed by atoms with Crippen molar-refractivity contribution in [2.75, 3.05) is 38.5 Å². The number of amides is 1. The van der Waals surface area contributed by atoms with Crippen LogP contribution in [0.4, 0.5) is 0 Å². The molecule has 0 atom stereocenters. The van der Waals surface area contributed by atoms with Crippen LogP contribution in [0.1, 0.15) is 12.5 Å². The first-order chi connectivity index (χ1) is 10.1. The van der Waals surface area contributed by atoms with Crippen molar-refractivity contribution in [3.63, 3.8) is 0 Å². The van der Waals surface area contributed by atoms with Crippen molar-refractivity contribution >= 4 is 40.9 Å². The minimum Gasteiger partial charge on any atom is -0.339 e. The van der Waals surface area contributed by atoms with Gasteiger partial charge in [0.05, 0.1) is 15.8 Å². The molecule has 1 aliphatic heterocycles. The molecule has 116 valence electrons. The quantitative estimate of drug-likeness (QED) is 0.816. The Balaban J connectivity index is 1.73. The van der Waals surface area contributed by atoms with Gasteiger partial charge in [0, 0.05) is 31.9 Å². The molecule has 0 bridgehead atoms. The zero-order chi connectivity index (χ0) is 15.2. The molecule has 0 aliphatic carbocycles. The second-order valence-corrected chi connectivity index (χ2v) is 6.86. The molecule has 0 radical (unpaired) electrons. The molecule has 0 N–H and O–H groups in total. The van der Waals surface area contributed by atoms with Crippen LogP contribution in [-0.4, -0.2) is 54.2 Å². The summed E-state index contributed by atoms with van der Waals surface area (Å²) in [6, 6.07) is 5.61. The topological polar surface area (TPSA) is 23.6 Å². The SMILES string of the molecule is CCN1CCN(C(=O)CSCc2ccc(Cl)c(Cl)c2)CC1. The number of thioether (sulfide) groups is 1. The Kier molecular flexibility index (Phi) is 6.68. The number of hydrogen-bond acceptors (Lipinski definition) is 3. The van der Waals surface area contributed by atoms with Gasteiger partial charge in [0.25, 0.3) is 0 Å². The summed E-state index contributed by atoms with van der Waals surface area (Å²) in [6.07, 6.45) is 0. The van der Waals surface area contributed by atoms with Gasteiger partial charge < -0.3 is 9.80 Å². The molecule has 1 aliphatic rings. The Bertz CT molecular complexity index is 491. The first-order valence-electron chi connectivity index (χ1n) is 7.12. The minimum atomic E-state index is 0.232. The standard InChI is InChI=1S/C15H20Cl2N2OS/c1-2-18-5-7-19(8-6-18)15(20)11-21-10-12-3-4-13(16)14(17)9-12/h3-4,9H,2,5-8,10-11H2,1H3. The number of carbonyl (C=O) groups excluding carboxylic acids is 1. The van der Waals surface area contributed by atoms with Gasteiger partial charge in [0.15, 0.2) is 0 Å². The first-order valence-corrected chi connectivity index (χ1v) is 9.03. The molecule has 2 rings (SSSR count). The Morgan fingerprint density at radius 1 is 1.19 bits per heavy atom. The molecule has 1 aromatic carbocycles. The van der Waals surface area contributed by atoms with E-state index < -0.39 is 0 Å². The third-order valence-electron chi connectivity index (χ3n) is 3.65. The zero-order valence-electron chi connectivity index (χ0n) is 12.1. The van der Waals surface area contributed by atoms with Crippen molar-refractivity contribution in [2.45, 2.75) is 12.7 Å². The number of likely N-dealkylation sites (N-methyl/N-ethyl adjacent to an activating group) is 1. The third kappa shape index (κ3) is 5.06. The van der Waals surface area contributed by atoms with E-state index >= 15 is 0 Å². The lowest BCUT2D eigenvalue weighted by Crippen LogP contribution is -2.49. The summed E-state index contributed by atoms with van der Waals surface area (Å²) in [6.45, 7) is 6.89. The predicted octanol–water partition coefficient (Wildman–Crippen LogP) is 3.39. The summed E-state index contributed by atoms with van der Waals surface area (Å²) in [4.78, 5) is 16.5. The van der Waals surface area contributed by atoms with Crippen LogP contribution in [0.25, 0.3) is 0 Å². The fourth-order valence-electron chi connectivity index (χ4n) is 2.29. The molecule has 0 spiro atoms. The largest absolute Gasteiger partial charge is 0.339 e. The first kappa shape index (κ1) is 16.9. The Morgan fingerprint density at radius 3 is 2.52 bits per heavy atom. The summed E-state index contributed by atoms with van der Waals surface area (Å²) in [7, 11) is 0. The van der Waals surface area contributed by atoms with E-state index in [1.807, 2.05) is 17.0 Å². The molecule has 0 saturated carbocycles. The molecule has 1 saturated heterocycles. The van der Waals surface area contributed by atoms with Crippen molar-refractivity contribution in [1.29, 1.82) is 0 Å². The van der Waals surface area contributed by atoms with E-state index in [2.05, 4.69) is 11.8 Å². The summed E-state index contributed by atoms with van der Waals surface area (Å²) in [5, 5.41) is 1.13. The second kappa shape index (κ2) is 8.28. The average Bonchev–Trinajstić information content (AvgIpc) is 2.51. The van der Waals surface area contributed by atoms with Gasteiger partial charge in [-0.3, -0.25) is 4.79 Å². The van der Waals surface area contributed by atoms with E-state index in [9.17, 15) is 4.79 Å². The molecule has 0 aromatic heterocycles. The average molecular weight is 347 g/mol. The summed E-state index contributed by atoms with van der Waals surface area (Å²) >= 11 is 13.5. The minimum absolute atomic E-state index is 0.232. The highest BCUT2D eigenvalue weighted by atomic mass is 35.5. The fourth-order valence-corrected chi connectivity index (χ4v) is 3.49. The second-order valence-electron chi connectivity index (χ2n) is 5.06. The number of rotatable bonds is 5. The van der Waals surface area contributed by atoms with Gasteiger partial charge in [-0.1, -0.05) is 36.2 Å². The lowest BCUT2D eigenvalue weighted by Gasteiger charge is -2.34. The van der Waals surface area contributed by atoms with Gasteiger partial charge in [-0.05, 0) is 24.2 Å². The molecule has 21 heavy (non-hydrogen) atoms. The number of hydrogen-bond donors (Lipinski definition) is 0. The van der Waals surface area contributed by atoms with Crippen LogP contribution in [-0.2, 0) is 10.5 Å². The highest BCUT2D eigenvalue weighted by Gasteiger charge is 2.19. The van der Waals surface area contributed by atoms with Crippen LogP contribution < -0.4 is 0 Å². The molecule has 1 amide bonds. The molecular weight excluding hydrogens is 327 g/mol. The van der Waals surface area contributed by atoms with Crippen LogP contribution in [0.2, 0.25) is 10.0 Å². The number of nitrogens with zero attached hydrogens (tertiary/aromatic N) is 2. The Hall–Kier alpha value is -0.420. The Morgan fingerprint density at radius 2 is 1.90 bits per heavy atom. The predicted molar refractivity (Wildman–Crippen MR) is 91.3 cm³/mol. The van der Waals surface area contributed by atoms with Crippen LogP contribution in [0.3, 0.4) is 0 Å². The Labute approximate surface area is 140 Å². The smallest absolute Gasteiger partial charge is 0.232 e. The van der Waals surface area contributed by atoms with Gasteiger partial charge in [-0.15, -0.1) is 11.8 Å². The normalized spacial score (nSPS) is 16.2. The maximum absolute atomic E-state index is 12.1. The molecule has 1 aromatic rings. The van der Waals surface area contributed by atoms with Gasteiger partial charge in [0.1, 0.15) is 0 Å². The zero-order valence-corrected chi connectivity index (χ0v) is 14.5. The lowest BCUT2D eigenvalue weighted by molar-refractivity contribution is -0.130. The highest BCUT2D eigenvalue weighted by Crippen LogP contribution is 2.24. The maximum atomic E-state index is 12.1. The number of benzene rings is 1. The van der Waals surface area contributed by atoms with Gasteiger partial charge in [-0.2, -0.15) is 0 Å². The van der Waals surface area contributed by atoms with Gasteiger partial charge in [-0.25, -0.2) is 0 Å². The van der Waals surface area contributed by atoms with E-state index in [0.717, 1.165) is 44.0 Å². The van der Waals surface area contributed by atoms with Crippen LogP contribution in [0, 0.1) is 0 Å². The van der Waals surface area contributed by atoms with E-state index in [4.69, 9.17) is 23.2 Å². The van der Waals surface area contributed by atoms with Gasteiger partial charge in [0.2, 0.25) is 5.91 Å². The number of carbonyl (C=O) groups is 1. The van der Waals surface area contributed by atoms with Crippen molar-refractivity contribution < 1.29 is 4.79 Å². The maximum Gasteiger partial charge on any atom is 0.232 e. The van der Waals surface area contributed by atoms with E-state index in [0.29, 0.717) is 15.8 Å². The number of piperazine rings is 1. The molecule has 1 heterocycles. The molecular formula is C15H20Cl2N2OS. The lowest BCUT2D eigenvalue weighted by atomic mass is 10.2. The summed E-state index contributed by atoms with van der Waals surface area (Å²) < 4.78 is 0. The molecule has 1 fully saturated rings. The monoisotopic (exact) mass is 346 g/mol. The third-order valence-corrected chi connectivity index (χ3v) is 5.38. The summed E-state index contributed by atoms with van der Waals surface area (Å²) in [5.41, 5.74) is 1.10. The van der Waals surface area contributed by atoms with Crippen LogP contribution in [0.15, 0.2) is 18.2 Å². The molecule has 0 unspecified atom stereocenters. The van der Waals surface area contributed by atoms with Crippen molar-refractivity contribution in [2.24, 2.45) is 0 Å². The van der Waals surface area contributed by atoms with E-state index in [1.165, 1.54) is 0 Å². The highest BCUT2D eigenvalue weighted by molar-refractivity contribution is 7.99. The van der Waals surface area contributed by atoms with Crippen LogP contribution in [0.5, 0.6) is 0 Å². The van der Waals surface area contributed by atoms with Crippen molar-refractivity contribution in [3.8, 4) is 0 Å². The van der Waals surface area contributed by atoms with E-state index in [-0.39, 0.29) is 5.91 Å². The van der Waals surface area contributed by atoms with Crippen molar-refractivity contribution in [1.82, 2.24) is 9.80 Å². The fraction of sp³-hybridized carbons (Fsp3) is 0.533. The molecule has 3 nitrogen and oxygen atoms in total. The van der Waals surface area contributed by atoms with Crippen LogP contribution >= 0.6 is 35.0 Å². The summed E-state index contributed by atoms with van der Waals surface area (Å²) in [5.74, 6) is 1.53.